The Morgan fingerprint density at radius 3 is 1.57 bits per heavy atom. The lowest BCUT2D eigenvalue weighted by Gasteiger charge is -2.05. The predicted octanol–water partition coefficient (Wildman–Crippen LogP) is 5.83. The normalized spacial score (nSPS) is 10.9. The number of aromatic hydroxyl groups is 2. The Balaban J connectivity index is 1.92. The molecule has 0 saturated heterocycles. The van der Waals surface area contributed by atoms with Crippen LogP contribution in [-0.4, -0.2) is 36.0 Å². The zero-order valence-corrected chi connectivity index (χ0v) is 20.7. The van der Waals surface area contributed by atoms with E-state index in [9.17, 15) is 19.8 Å². The van der Waals surface area contributed by atoms with Crippen LogP contribution in [0.2, 0.25) is 0 Å². The minimum absolute atomic E-state index is 0.0158. The Hall–Kier alpha value is -4.10. The van der Waals surface area contributed by atoms with Crippen LogP contribution < -0.4 is 9.47 Å². The van der Waals surface area contributed by atoms with Crippen molar-refractivity contribution in [3.05, 3.63) is 99.6 Å². The molecule has 3 aromatic carbocycles. The second kappa shape index (κ2) is 11.9. The summed E-state index contributed by atoms with van der Waals surface area (Å²) in [7, 11) is 2.86. The maximum atomic E-state index is 13.1. The van der Waals surface area contributed by atoms with Crippen LogP contribution >= 0.6 is 15.9 Å². The second-order valence-corrected chi connectivity index (χ2v) is 8.28. The third-order valence-corrected chi connectivity index (χ3v) is 5.50. The van der Waals surface area contributed by atoms with Gasteiger partial charge in [0.05, 0.1) is 19.8 Å². The van der Waals surface area contributed by atoms with Crippen LogP contribution in [0.5, 0.6) is 23.0 Å². The Kier molecular flexibility index (Phi) is 8.64. The van der Waals surface area contributed by atoms with Crippen LogP contribution in [0.25, 0.3) is 18.2 Å². The molecule has 0 saturated carbocycles. The molecular weight excluding hydrogens is 512 g/mol. The Labute approximate surface area is 211 Å². The molecule has 0 heterocycles. The topological polar surface area (TPSA) is 93.1 Å². The minimum atomic E-state index is -0.488. The molecule has 0 spiro atoms. The van der Waals surface area contributed by atoms with Gasteiger partial charge in [0.25, 0.3) is 0 Å². The van der Waals surface area contributed by atoms with Crippen molar-refractivity contribution in [2.45, 2.75) is 0 Å². The first-order valence-corrected chi connectivity index (χ1v) is 11.3. The molecule has 0 unspecified atom stereocenters. The SMILES string of the molecule is COc1cc(/C=C/C(=O)C(=Cc2ccc(Br)cc2)C(=O)/C=C/c2ccc(O)c(OC)c2)ccc1O. The Morgan fingerprint density at radius 2 is 1.14 bits per heavy atom. The molecule has 0 fully saturated rings. The van der Waals surface area contributed by atoms with E-state index in [1.807, 2.05) is 12.1 Å². The molecule has 0 aromatic heterocycles. The summed E-state index contributed by atoms with van der Waals surface area (Å²) in [6.45, 7) is 0. The van der Waals surface area contributed by atoms with Crippen molar-refractivity contribution < 1.29 is 29.3 Å². The fourth-order valence-corrected chi connectivity index (χ4v) is 3.37. The molecule has 2 N–H and O–H groups in total. The van der Waals surface area contributed by atoms with Crippen molar-refractivity contribution in [2.24, 2.45) is 0 Å². The maximum Gasteiger partial charge on any atom is 0.189 e. The second-order valence-electron chi connectivity index (χ2n) is 7.37. The number of halogens is 1. The first kappa shape index (κ1) is 25.5. The van der Waals surface area contributed by atoms with Gasteiger partial charge in [-0.15, -0.1) is 0 Å². The van der Waals surface area contributed by atoms with Crippen LogP contribution in [0.3, 0.4) is 0 Å². The van der Waals surface area contributed by atoms with Gasteiger partial charge < -0.3 is 19.7 Å². The van der Waals surface area contributed by atoms with Gasteiger partial charge in [-0.2, -0.15) is 0 Å². The van der Waals surface area contributed by atoms with Crippen LogP contribution in [0.15, 0.2) is 82.9 Å². The molecule has 178 valence electrons. The fraction of sp³-hybridized carbons (Fsp3) is 0.0714. The van der Waals surface area contributed by atoms with E-state index < -0.39 is 11.6 Å². The molecule has 35 heavy (non-hydrogen) atoms. The zero-order chi connectivity index (χ0) is 25.4. The van der Waals surface area contributed by atoms with Crippen molar-refractivity contribution in [2.75, 3.05) is 14.2 Å². The van der Waals surface area contributed by atoms with Gasteiger partial charge in [0.2, 0.25) is 0 Å². The van der Waals surface area contributed by atoms with E-state index in [1.165, 1.54) is 44.6 Å². The summed E-state index contributed by atoms with van der Waals surface area (Å²) >= 11 is 3.37. The Morgan fingerprint density at radius 1 is 0.714 bits per heavy atom. The summed E-state index contributed by atoms with van der Waals surface area (Å²) in [5, 5.41) is 19.5. The van der Waals surface area contributed by atoms with Crippen LogP contribution in [0.4, 0.5) is 0 Å². The van der Waals surface area contributed by atoms with Crippen LogP contribution in [0.1, 0.15) is 16.7 Å². The van der Waals surface area contributed by atoms with Crippen LogP contribution in [0, 0.1) is 0 Å². The largest absolute Gasteiger partial charge is 0.504 e. The molecule has 0 aliphatic rings. The standard InChI is InChI=1S/C28H23BrO6/c1-34-27-16-19(7-13-25(27)32)5-11-23(30)22(15-18-3-9-21(29)10-4-18)24(31)12-6-20-8-14-26(33)28(17-20)35-2/h3-17,32-33H,1-2H3/b11-5+,12-6+. The maximum absolute atomic E-state index is 13.1. The fourth-order valence-electron chi connectivity index (χ4n) is 3.11. The summed E-state index contributed by atoms with van der Waals surface area (Å²) in [6, 6.07) is 16.5. The highest BCUT2D eigenvalue weighted by Crippen LogP contribution is 2.28. The molecule has 0 atom stereocenters. The van der Waals surface area contributed by atoms with Crippen molar-refractivity contribution >= 4 is 45.7 Å². The first-order valence-electron chi connectivity index (χ1n) is 10.5. The molecule has 7 heteroatoms. The van der Waals surface area contributed by atoms with E-state index in [4.69, 9.17) is 9.47 Å². The van der Waals surface area contributed by atoms with Crippen molar-refractivity contribution in [1.29, 1.82) is 0 Å². The number of phenolic OH excluding ortho intramolecular Hbond substituents is 2. The van der Waals surface area contributed by atoms with Gasteiger partial charge in [-0.3, -0.25) is 9.59 Å². The molecule has 0 amide bonds. The lowest BCUT2D eigenvalue weighted by atomic mass is 10.0. The number of benzene rings is 3. The lowest BCUT2D eigenvalue weighted by molar-refractivity contribution is -0.116. The number of hydrogen-bond acceptors (Lipinski definition) is 6. The molecular formula is C28H23BrO6. The van der Waals surface area contributed by atoms with Gasteiger partial charge in [-0.05, 0) is 71.3 Å². The first-order chi connectivity index (χ1) is 16.8. The number of allylic oxidation sites excluding steroid dienone is 3. The van der Waals surface area contributed by atoms with E-state index in [-0.39, 0.29) is 28.6 Å². The molecule has 0 aliphatic carbocycles. The summed E-state index contributed by atoms with van der Waals surface area (Å²) in [4.78, 5) is 26.1. The monoisotopic (exact) mass is 534 g/mol. The average Bonchev–Trinajstić information content (AvgIpc) is 2.86. The Bertz CT molecular complexity index is 1240. The van der Waals surface area contributed by atoms with Crippen molar-refractivity contribution in [3.8, 4) is 23.0 Å². The van der Waals surface area contributed by atoms with E-state index in [2.05, 4.69) is 15.9 Å². The highest BCUT2D eigenvalue weighted by Gasteiger charge is 2.14. The summed E-state index contributed by atoms with van der Waals surface area (Å²) in [5.41, 5.74) is 1.89. The van der Waals surface area contributed by atoms with E-state index in [0.29, 0.717) is 16.7 Å². The van der Waals surface area contributed by atoms with Gasteiger partial charge in [0.1, 0.15) is 0 Å². The number of ether oxygens (including phenoxy) is 2. The van der Waals surface area contributed by atoms with E-state index in [0.717, 1.165) is 4.47 Å². The van der Waals surface area contributed by atoms with Crippen molar-refractivity contribution in [3.63, 3.8) is 0 Å². The summed E-state index contributed by atoms with van der Waals surface area (Å²) < 4.78 is 11.1. The van der Waals surface area contributed by atoms with Gasteiger partial charge >= 0.3 is 0 Å². The molecule has 3 aromatic rings. The third kappa shape index (κ3) is 6.94. The number of ketones is 2. The molecule has 0 radical (unpaired) electrons. The third-order valence-electron chi connectivity index (χ3n) is 4.97. The minimum Gasteiger partial charge on any atom is -0.504 e. The van der Waals surface area contributed by atoms with Crippen molar-refractivity contribution in [1.82, 2.24) is 0 Å². The van der Waals surface area contributed by atoms with E-state index in [1.54, 1.807) is 48.6 Å². The van der Waals surface area contributed by atoms with Gasteiger partial charge in [0, 0.05) is 4.47 Å². The quantitative estimate of drug-likeness (QED) is 0.204. The number of methoxy groups -OCH3 is 2. The van der Waals surface area contributed by atoms with E-state index >= 15 is 0 Å². The lowest BCUT2D eigenvalue weighted by Crippen LogP contribution is -2.08. The summed E-state index contributed by atoms with van der Waals surface area (Å²) in [5.74, 6) is -0.464. The van der Waals surface area contributed by atoms with Gasteiger partial charge in [-0.1, -0.05) is 52.3 Å². The number of rotatable bonds is 9. The molecule has 0 aliphatic heterocycles. The highest BCUT2D eigenvalue weighted by atomic mass is 79.9. The highest BCUT2D eigenvalue weighted by molar-refractivity contribution is 9.10. The van der Waals surface area contributed by atoms with Gasteiger partial charge in [0.15, 0.2) is 34.6 Å². The number of hydrogen-bond donors (Lipinski definition) is 2. The van der Waals surface area contributed by atoms with Gasteiger partial charge in [-0.25, -0.2) is 0 Å². The number of carbonyl (C=O) groups excluding carboxylic acids is 2. The molecule has 6 nitrogen and oxygen atoms in total. The zero-order valence-electron chi connectivity index (χ0n) is 19.1. The smallest absolute Gasteiger partial charge is 0.189 e. The average molecular weight is 535 g/mol. The number of phenols is 2. The summed E-state index contributed by atoms with van der Waals surface area (Å²) in [6.07, 6.45) is 7.21. The molecule has 3 rings (SSSR count). The molecule has 0 bridgehead atoms. The predicted molar refractivity (Wildman–Crippen MR) is 140 cm³/mol. The van der Waals surface area contributed by atoms with Crippen LogP contribution in [-0.2, 0) is 9.59 Å². The number of carbonyl (C=O) groups is 2.